The zero-order valence-corrected chi connectivity index (χ0v) is 14.7. The van der Waals surface area contributed by atoms with Crippen LogP contribution in [0.5, 0.6) is 0 Å². The minimum atomic E-state index is -0.0837. The number of hydrogen-bond acceptors (Lipinski definition) is 2. The fourth-order valence-corrected chi connectivity index (χ4v) is 5.72. The Bertz CT molecular complexity index is 791. The quantitative estimate of drug-likeness (QED) is 0.625. The number of imide groups is 1. The van der Waals surface area contributed by atoms with Crippen LogP contribution in [0.1, 0.15) is 54.8 Å². The van der Waals surface area contributed by atoms with Crippen molar-refractivity contribution in [2.24, 2.45) is 28.6 Å². The smallest absolute Gasteiger partial charge is 0.261 e. The highest BCUT2D eigenvalue weighted by molar-refractivity contribution is 6.21. The van der Waals surface area contributed by atoms with Gasteiger partial charge in [-0.2, -0.15) is 0 Å². The molecule has 5 rings (SSSR count). The van der Waals surface area contributed by atoms with Gasteiger partial charge in [0.15, 0.2) is 0 Å². The number of allylic oxidation sites excluding steroid dienone is 2. The van der Waals surface area contributed by atoms with Crippen LogP contribution in [0.15, 0.2) is 35.9 Å². The van der Waals surface area contributed by atoms with Gasteiger partial charge in [-0.05, 0) is 61.0 Å². The first kappa shape index (κ1) is 14.4. The zero-order chi connectivity index (χ0) is 17.0. The van der Waals surface area contributed by atoms with Crippen LogP contribution in [0.25, 0.3) is 0 Å². The molecule has 1 aliphatic heterocycles. The molecule has 1 aromatic rings. The lowest BCUT2D eigenvalue weighted by molar-refractivity contribution is 0.0584. The van der Waals surface area contributed by atoms with Gasteiger partial charge in [-0.1, -0.05) is 37.6 Å². The molecule has 4 atom stereocenters. The van der Waals surface area contributed by atoms with Gasteiger partial charge in [-0.15, -0.1) is 0 Å². The van der Waals surface area contributed by atoms with Crippen LogP contribution in [-0.4, -0.2) is 22.8 Å². The number of amides is 2. The molecular formula is C21H23NO2. The average molecular weight is 321 g/mol. The lowest BCUT2D eigenvalue weighted by Gasteiger charge is -2.26. The fraction of sp³-hybridized carbons (Fsp3) is 0.524. The van der Waals surface area contributed by atoms with E-state index in [1.54, 1.807) is 17.0 Å². The summed E-state index contributed by atoms with van der Waals surface area (Å²) in [7, 11) is 0. The van der Waals surface area contributed by atoms with E-state index < -0.39 is 0 Å². The summed E-state index contributed by atoms with van der Waals surface area (Å²) in [5.41, 5.74) is 3.20. The van der Waals surface area contributed by atoms with Gasteiger partial charge < -0.3 is 0 Å². The summed E-state index contributed by atoms with van der Waals surface area (Å²) in [6, 6.07) is 7.38. The maximum atomic E-state index is 12.6. The highest BCUT2D eigenvalue weighted by Crippen LogP contribution is 2.85. The van der Waals surface area contributed by atoms with Crippen LogP contribution in [0.4, 0.5) is 0 Å². The third-order valence-corrected chi connectivity index (χ3v) is 7.16. The maximum Gasteiger partial charge on any atom is 0.261 e. The van der Waals surface area contributed by atoms with Crippen LogP contribution >= 0.6 is 0 Å². The Morgan fingerprint density at radius 3 is 2.12 bits per heavy atom. The van der Waals surface area contributed by atoms with Gasteiger partial charge in [0.1, 0.15) is 0 Å². The van der Waals surface area contributed by atoms with Crippen LogP contribution in [0, 0.1) is 28.6 Å². The Balaban J connectivity index is 1.33. The van der Waals surface area contributed by atoms with Crippen molar-refractivity contribution in [3.63, 3.8) is 0 Å². The van der Waals surface area contributed by atoms with E-state index >= 15 is 0 Å². The summed E-state index contributed by atoms with van der Waals surface area (Å²) in [6.07, 6.45) is 3.65. The second-order valence-corrected chi connectivity index (χ2v) is 8.93. The lowest BCUT2D eigenvalue weighted by Crippen LogP contribution is -2.39. The van der Waals surface area contributed by atoms with Crippen molar-refractivity contribution in [2.75, 3.05) is 0 Å². The number of benzene rings is 1. The van der Waals surface area contributed by atoms with E-state index in [2.05, 4.69) is 33.8 Å². The van der Waals surface area contributed by atoms with Crippen LogP contribution in [-0.2, 0) is 0 Å². The number of rotatable bonds is 3. The minimum absolute atomic E-state index is 0.0837. The monoisotopic (exact) mass is 321 g/mol. The zero-order valence-electron chi connectivity index (χ0n) is 14.7. The van der Waals surface area contributed by atoms with Crippen molar-refractivity contribution in [2.45, 2.75) is 40.2 Å². The number of fused-ring (bicyclic) bond motifs is 2. The SMILES string of the molecule is CC(C)=CC1(C)CC1(C)C1C2C1C2N1C(=O)c2ccccc2C1=O. The van der Waals surface area contributed by atoms with Gasteiger partial charge in [-0.3, -0.25) is 14.5 Å². The predicted octanol–water partition coefficient (Wildman–Crippen LogP) is 3.91. The van der Waals surface area contributed by atoms with E-state index in [4.69, 9.17) is 0 Å². The van der Waals surface area contributed by atoms with E-state index in [-0.39, 0.29) is 17.9 Å². The molecule has 4 aliphatic rings. The van der Waals surface area contributed by atoms with Gasteiger partial charge in [0.25, 0.3) is 11.8 Å². The molecule has 0 saturated heterocycles. The summed E-state index contributed by atoms with van der Waals surface area (Å²) >= 11 is 0. The summed E-state index contributed by atoms with van der Waals surface area (Å²) < 4.78 is 0. The molecule has 0 spiro atoms. The Morgan fingerprint density at radius 2 is 1.62 bits per heavy atom. The molecule has 0 N–H and O–H groups in total. The first-order valence-corrected chi connectivity index (χ1v) is 8.93. The molecule has 0 bridgehead atoms. The largest absolute Gasteiger partial charge is 0.271 e. The van der Waals surface area contributed by atoms with Gasteiger partial charge >= 0.3 is 0 Å². The summed E-state index contributed by atoms with van der Waals surface area (Å²) in [6.45, 7) is 9.08. The third-order valence-electron chi connectivity index (χ3n) is 7.16. The molecule has 1 aromatic carbocycles. The normalized spacial score (nSPS) is 44.1. The maximum absolute atomic E-state index is 12.6. The van der Waals surface area contributed by atoms with E-state index in [9.17, 15) is 9.59 Å². The standard InChI is InChI=1S/C21H23NO2/c1-11(2)9-20(3)10-21(20,4)16-14-15(16)17(14)22-18(23)12-7-5-6-8-13(12)19(22)24/h5-9,14-17H,10H2,1-4H3. The number of carbonyl (C=O) groups is 2. The molecule has 2 amide bonds. The first-order valence-electron chi connectivity index (χ1n) is 8.93. The second-order valence-electron chi connectivity index (χ2n) is 8.93. The van der Waals surface area contributed by atoms with E-state index in [0.29, 0.717) is 39.7 Å². The highest BCUT2D eigenvalue weighted by Gasteiger charge is 2.86. The van der Waals surface area contributed by atoms with Crippen LogP contribution in [0.2, 0.25) is 0 Å². The molecule has 124 valence electrons. The van der Waals surface area contributed by atoms with Gasteiger partial charge in [0.05, 0.1) is 11.1 Å². The van der Waals surface area contributed by atoms with Gasteiger partial charge in [0.2, 0.25) is 0 Å². The molecule has 0 radical (unpaired) electrons. The Kier molecular flexibility index (Phi) is 2.41. The summed E-state index contributed by atoms with van der Waals surface area (Å²) in [5.74, 6) is 1.61. The van der Waals surface area contributed by atoms with Crippen LogP contribution < -0.4 is 0 Å². The van der Waals surface area contributed by atoms with Crippen molar-refractivity contribution < 1.29 is 9.59 Å². The predicted molar refractivity (Wildman–Crippen MR) is 91.5 cm³/mol. The molecule has 3 saturated carbocycles. The fourth-order valence-electron chi connectivity index (χ4n) is 5.72. The van der Waals surface area contributed by atoms with E-state index in [1.807, 2.05) is 12.1 Å². The highest BCUT2D eigenvalue weighted by atomic mass is 16.2. The Labute approximate surface area is 142 Å². The third kappa shape index (κ3) is 1.54. The van der Waals surface area contributed by atoms with Crippen LogP contribution in [0.3, 0.4) is 0 Å². The average Bonchev–Trinajstić information content (AvgIpc) is 3.42. The number of hydrogen-bond donors (Lipinski definition) is 0. The molecule has 1 heterocycles. The van der Waals surface area contributed by atoms with Gasteiger partial charge in [0, 0.05) is 6.04 Å². The lowest BCUT2D eigenvalue weighted by atomic mass is 9.84. The second kappa shape index (κ2) is 4.01. The van der Waals surface area contributed by atoms with Crippen molar-refractivity contribution in [1.29, 1.82) is 0 Å². The number of carbonyl (C=O) groups excluding carboxylic acids is 2. The first-order chi connectivity index (χ1) is 11.3. The minimum Gasteiger partial charge on any atom is -0.271 e. The Morgan fingerprint density at radius 1 is 1.08 bits per heavy atom. The van der Waals surface area contributed by atoms with Crippen molar-refractivity contribution in [3.05, 3.63) is 47.0 Å². The molecule has 3 fully saturated rings. The number of nitrogens with zero attached hydrogens (tertiary/aromatic N) is 1. The summed E-state index contributed by atoms with van der Waals surface area (Å²) in [4.78, 5) is 26.7. The molecule has 3 nitrogen and oxygen atoms in total. The molecule has 24 heavy (non-hydrogen) atoms. The molecule has 3 heteroatoms. The van der Waals surface area contributed by atoms with Gasteiger partial charge in [-0.25, -0.2) is 0 Å². The van der Waals surface area contributed by atoms with Crippen molar-refractivity contribution in [1.82, 2.24) is 4.90 Å². The van der Waals surface area contributed by atoms with Crippen molar-refractivity contribution in [3.8, 4) is 0 Å². The molecule has 3 aliphatic carbocycles. The van der Waals surface area contributed by atoms with E-state index in [1.165, 1.54) is 12.0 Å². The van der Waals surface area contributed by atoms with E-state index in [0.717, 1.165) is 0 Å². The molecule has 0 aromatic heterocycles. The summed E-state index contributed by atoms with van der Waals surface area (Å²) in [5, 5.41) is 0. The Hall–Kier alpha value is -1.90. The molecule has 4 unspecified atom stereocenters. The van der Waals surface area contributed by atoms with Crippen molar-refractivity contribution >= 4 is 11.8 Å². The topological polar surface area (TPSA) is 37.4 Å². The molecular weight excluding hydrogens is 298 g/mol.